The third-order valence-electron chi connectivity index (χ3n) is 3.59. The predicted octanol–water partition coefficient (Wildman–Crippen LogP) is 0.435. The quantitative estimate of drug-likeness (QED) is 0.702. The maximum Gasteiger partial charge on any atom is 0.270 e. The number of carbonyl (C=O) groups excluding carboxylic acids is 1. The van der Waals surface area contributed by atoms with E-state index in [2.05, 4.69) is 0 Å². The molecule has 7 nitrogen and oxygen atoms in total. The normalized spacial score (nSPS) is 17.5. The number of β-amino-alcohol motifs (C(OH)–C–C–N with tert-alkyl or cyclic N) is 1. The Hall–Kier alpha value is -1.83. The molecule has 0 aromatic heterocycles. The Bertz CT molecular complexity index is 586. The minimum Gasteiger partial charge on any atom is -0.490 e. The molecule has 3 N–H and O–H groups in total. The van der Waals surface area contributed by atoms with Crippen molar-refractivity contribution in [2.24, 2.45) is 0 Å². The van der Waals surface area contributed by atoms with E-state index in [1.54, 1.807) is 26.0 Å². The van der Waals surface area contributed by atoms with Gasteiger partial charge in [0.2, 0.25) is 0 Å². The predicted molar refractivity (Wildman–Crippen MR) is 83.7 cm³/mol. The highest BCUT2D eigenvalue weighted by Gasteiger charge is 2.43. The van der Waals surface area contributed by atoms with Crippen LogP contribution in [0.5, 0.6) is 11.5 Å². The summed E-state index contributed by atoms with van der Waals surface area (Å²) in [5.41, 5.74) is -0.155. The van der Waals surface area contributed by atoms with Crippen molar-refractivity contribution in [2.75, 3.05) is 24.7 Å². The van der Waals surface area contributed by atoms with E-state index in [1.165, 1.54) is 4.90 Å². The Kier molecular flexibility index (Phi) is 5.13. The fraction of sp³-hybridized carbons (Fsp3) is 0.562. The number of hydrogen-bond donors (Lipinski definition) is 3. The van der Waals surface area contributed by atoms with Crippen molar-refractivity contribution in [3.05, 3.63) is 17.7 Å². The van der Waals surface area contributed by atoms with Gasteiger partial charge in [0.1, 0.15) is 0 Å². The van der Waals surface area contributed by atoms with Gasteiger partial charge >= 0.3 is 0 Å². The molecule has 1 amide bonds. The first-order chi connectivity index (χ1) is 10.8. The summed E-state index contributed by atoms with van der Waals surface area (Å²) in [6, 6.07) is 3.28. The van der Waals surface area contributed by atoms with Crippen LogP contribution in [-0.4, -0.2) is 52.7 Å². The number of rotatable bonds is 6. The molecule has 1 heterocycles. The maximum absolute atomic E-state index is 12.6. The van der Waals surface area contributed by atoms with Gasteiger partial charge in [-0.1, -0.05) is 0 Å². The van der Waals surface area contributed by atoms with Crippen LogP contribution in [0, 0.1) is 0 Å². The lowest BCUT2D eigenvalue weighted by Crippen LogP contribution is -2.54. The summed E-state index contributed by atoms with van der Waals surface area (Å²) >= 11 is 0. The molecule has 1 aromatic rings. The zero-order valence-electron chi connectivity index (χ0n) is 13.6. The van der Waals surface area contributed by atoms with Crippen molar-refractivity contribution in [3.8, 4) is 11.5 Å². The van der Waals surface area contributed by atoms with Crippen LogP contribution >= 0.6 is 0 Å². The molecule has 128 valence electrons. The Labute approximate surface area is 135 Å². The summed E-state index contributed by atoms with van der Waals surface area (Å²) in [6.45, 7) is 4.73. The van der Waals surface area contributed by atoms with E-state index in [0.717, 1.165) is 0 Å². The third-order valence-corrected chi connectivity index (χ3v) is 3.59. The lowest BCUT2D eigenvalue weighted by Gasteiger charge is -2.40. The average Bonchev–Trinajstić information content (AvgIpc) is 2.52. The van der Waals surface area contributed by atoms with Crippen LogP contribution in [0.3, 0.4) is 0 Å². The highest BCUT2D eigenvalue weighted by molar-refractivity contribution is 6.03. The molecule has 1 aliphatic rings. The number of nitrogens with zero attached hydrogens (tertiary/aromatic N) is 1. The third kappa shape index (κ3) is 3.41. The first kappa shape index (κ1) is 17.5. The van der Waals surface area contributed by atoms with Crippen molar-refractivity contribution < 1.29 is 29.6 Å². The van der Waals surface area contributed by atoms with Gasteiger partial charge in [0.05, 0.1) is 38.2 Å². The summed E-state index contributed by atoms with van der Waals surface area (Å²) in [6.07, 6.45) is -1.07. The summed E-state index contributed by atoms with van der Waals surface area (Å²) in [5.74, 6) is 0.479. The summed E-state index contributed by atoms with van der Waals surface area (Å²) in [4.78, 5) is 14.0. The molecule has 1 unspecified atom stereocenters. The lowest BCUT2D eigenvalue weighted by molar-refractivity contribution is -0.133. The van der Waals surface area contributed by atoms with Crippen LogP contribution in [0.2, 0.25) is 0 Å². The first-order valence-corrected chi connectivity index (χ1v) is 7.54. The number of aliphatic hydroxyl groups excluding tert-OH is 3. The SMILES string of the molecule is CCOc1cc(CO)cc2c1OC(C)(C)C(=O)N2CC(O)CO. The Morgan fingerprint density at radius 1 is 1.35 bits per heavy atom. The molecule has 1 aromatic carbocycles. The maximum atomic E-state index is 12.6. The van der Waals surface area contributed by atoms with E-state index in [9.17, 15) is 15.0 Å². The van der Waals surface area contributed by atoms with E-state index < -0.39 is 18.3 Å². The molecule has 0 spiro atoms. The number of anilines is 1. The van der Waals surface area contributed by atoms with Gasteiger partial charge in [0, 0.05) is 0 Å². The topological polar surface area (TPSA) is 99.5 Å². The standard InChI is InChI=1S/C16H23NO6/c1-4-22-13-6-10(8-18)5-12-14(13)23-16(2,3)15(21)17(12)7-11(20)9-19/h5-6,11,18-20H,4,7-9H2,1-3H3. The van der Waals surface area contributed by atoms with Gasteiger partial charge in [-0.2, -0.15) is 0 Å². The molecular weight excluding hydrogens is 302 g/mol. The van der Waals surface area contributed by atoms with Gasteiger partial charge in [-0.05, 0) is 38.5 Å². The number of hydrogen-bond acceptors (Lipinski definition) is 6. The van der Waals surface area contributed by atoms with Crippen LogP contribution in [0.1, 0.15) is 26.3 Å². The van der Waals surface area contributed by atoms with E-state index in [1.807, 2.05) is 6.92 Å². The Morgan fingerprint density at radius 2 is 2.04 bits per heavy atom. The van der Waals surface area contributed by atoms with Crippen LogP contribution in [0.25, 0.3) is 0 Å². The number of aliphatic hydroxyl groups is 3. The second-order valence-electron chi connectivity index (χ2n) is 5.90. The summed E-state index contributed by atoms with van der Waals surface area (Å²) in [7, 11) is 0. The monoisotopic (exact) mass is 325 g/mol. The van der Waals surface area contributed by atoms with Crippen LogP contribution in [0.15, 0.2) is 12.1 Å². The van der Waals surface area contributed by atoms with Gasteiger partial charge in [0.15, 0.2) is 17.1 Å². The number of carbonyl (C=O) groups is 1. The molecule has 0 aliphatic carbocycles. The van der Waals surface area contributed by atoms with Crippen LogP contribution in [-0.2, 0) is 11.4 Å². The van der Waals surface area contributed by atoms with E-state index in [4.69, 9.17) is 14.6 Å². The van der Waals surface area contributed by atoms with Gasteiger partial charge < -0.3 is 29.7 Å². The molecule has 2 rings (SSSR count). The van der Waals surface area contributed by atoms with Crippen molar-refractivity contribution >= 4 is 11.6 Å². The highest BCUT2D eigenvalue weighted by atomic mass is 16.5. The van der Waals surface area contributed by atoms with E-state index in [-0.39, 0.29) is 19.1 Å². The average molecular weight is 325 g/mol. The molecular formula is C16H23NO6. The molecule has 0 fully saturated rings. The van der Waals surface area contributed by atoms with Crippen LogP contribution in [0.4, 0.5) is 5.69 Å². The highest BCUT2D eigenvalue weighted by Crippen LogP contribution is 2.45. The molecule has 7 heteroatoms. The van der Waals surface area contributed by atoms with Gasteiger partial charge in [-0.25, -0.2) is 0 Å². The molecule has 0 saturated carbocycles. The second kappa shape index (κ2) is 6.74. The molecule has 0 bridgehead atoms. The first-order valence-electron chi connectivity index (χ1n) is 7.54. The molecule has 0 saturated heterocycles. The number of amides is 1. The summed E-state index contributed by atoms with van der Waals surface area (Å²) < 4.78 is 11.4. The second-order valence-corrected chi connectivity index (χ2v) is 5.90. The molecule has 1 atom stereocenters. The zero-order valence-corrected chi connectivity index (χ0v) is 13.6. The van der Waals surface area contributed by atoms with Crippen molar-refractivity contribution in [2.45, 2.75) is 39.1 Å². The minimum atomic E-state index is -1.13. The van der Waals surface area contributed by atoms with Crippen molar-refractivity contribution in [1.29, 1.82) is 0 Å². The van der Waals surface area contributed by atoms with Crippen molar-refractivity contribution in [3.63, 3.8) is 0 Å². The van der Waals surface area contributed by atoms with Gasteiger partial charge in [0.25, 0.3) is 5.91 Å². The number of benzene rings is 1. The van der Waals surface area contributed by atoms with Gasteiger partial charge in [-0.3, -0.25) is 4.79 Å². The van der Waals surface area contributed by atoms with Crippen molar-refractivity contribution in [1.82, 2.24) is 0 Å². The summed E-state index contributed by atoms with van der Waals surface area (Å²) in [5, 5.41) is 28.3. The Morgan fingerprint density at radius 3 is 2.61 bits per heavy atom. The largest absolute Gasteiger partial charge is 0.490 e. The lowest BCUT2D eigenvalue weighted by atomic mass is 10.0. The molecule has 0 radical (unpaired) electrons. The fourth-order valence-electron chi connectivity index (χ4n) is 2.48. The van der Waals surface area contributed by atoms with Crippen LogP contribution < -0.4 is 14.4 Å². The number of ether oxygens (including phenoxy) is 2. The molecule has 23 heavy (non-hydrogen) atoms. The van der Waals surface area contributed by atoms with E-state index >= 15 is 0 Å². The van der Waals surface area contributed by atoms with E-state index in [0.29, 0.717) is 29.4 Å². The fourth-order valence-corrected chi connectivity index (χ4v) is 2.48. The minimum absolute atomic E-state index is 0.0738. The Balaban J connectivity index is 2.57. The zero-order chi connectivity index (χ0) is 17.2. The molecule has 1 aliphatic heterocycles. The smallest absolute Gasteiger partial charge is 0.270 e. The number of fused-ring (bicyclic) bond motifs is 1. The van der Waals surface area contributed by atoms with Gasteiger partial charge in [-0.15, -0.1) is 0 Å².